The van der Waals surface area contributed by atoms with E-state index < -0.39 is 0 Å². The van der Waals surface area contributed by atoms with Crippen LogP contribution in [0, 0.1) is 26.6 Å². The van der Waals surface area contributed by atoms with Gasteiger partial charge < -0.3 is 14.5 Å². The summed E-state index contributed by atoms with van der Waals surface area (Å²) in [6.07, 6.45) is 2.56. The number of hydrogen-bond acceptors (Lipinski definition) is 4. The van der Waals surface area contributed by atoms with Crippen LogP contribution in [-0.4, -0.2) is 49.8 Å². The molecule has 0 radical (unpaired) electrons. The zero-order valence-corrected chi connectivity index (χ0v) is 21.4. The largest absolute Gasteiger partial charge is 0.485 e. The summed E-state index contributed by atoms with van der Waals surface area (Å²) in [6, 6.07) is 7.21. The molecule has 5 rings (SSSR count). The van der Waals surface area contributed by atoms with Crippen molar-refractivity contribution in [2.24, 2.45) is 0 Å². The van der Waals surface area contributed by atoms with Crippen LogP contribution in [0.2, 0.25) is 0 Å². The quantitative estimate of drug-likeness (QED) is 0.560. The maximum absolute atomic E-state index is 13.3. The molecule has 1 atom stereocenters. The maximum Gasteiger partial charge on any atom is 0.128 e. The van der Waals surface area contributed by atoms with Crippen molar-refractivity contribution in [1.29, 1.82) is 0 Å². The van der Waals surface area contributed by atoms with Gasteiger partial charge in [0, 0.05) is 43.1 Å². The Bertz CT molecular complexity index is 1010. The van der Waals surface area contributed by atoms with Gasteiger partial charge in [0.2, 0.25) is 0 Å². The Morgan fingerprint density at radius 3 is 2.00 bits per heavy atom. The third-order valence-corrected chi connectivity index (χ3v) is 7.85. The highest BCUT2D eigenvalue weighted by molar-refractivity contribution is 5.85. The van der Waals surface area contributed by atoms with Crippen LogP contribution in [0.5, 0.6) is 5.75 Å². The summed E-state index contributed by atoms with van der Waals surface area (Å²) < 4.78 is 20.0. The molecule has 180 valence electrons. The summed E-state index contributed by atoms with van der Waals surface area (Å²) >= 11 is 0. The summed E-state index contributed by atoms with van der Waals surface area (Å²) in [5, 5.41) is 0. The van der Waals surface area contributed by atoms with E-state index in [1.807, 2.05) is 12.1 Å². The van der Waals surface area contributed by atoms with Crippen molar-refractivity contribution in [3.05, 3.63) is 52.3 Å². The van der Waals surface area contributed by atoms with Gasteiger partial charge in [-0.15, -0.1) is 12.4 Å². The number of fused-ring (bicyclic) bond motifs is 1. The molecule has 3 aliphatic heterocycles. The summed E-state index contributed by atoms with van der Waals surface area (Å²) in [6.45, 7) is 17.4. The van der Waals surface area contributed by atoms with Gasteiger partial charge in [0.25, 0.3) is 0 Å². The summed E-state index contributed by atoms with van der Waals surface area (Å²) in [7, 11) is 0. The fourth-order valence-electron chi connectivity index (χ4n) is 6.19. The van der Waals surface area contributed by atoms with E-state index in [0.29, 0.717) is 6.04 Å². The topological polar surface area (TPSA) is 19.0 Å². The highest BCUT2D eigenvalue weighted by Gasteiger charge is 2.47. The van der Waals surface area contributed by atoms with Crippen LogP contribution >= 0.6 is 12.4 Å². The molecule has 0 amide bonds. The molecular weight excluding hydrogens is 437 g/mol. The number of anilines is 2. The molecule has 6 heteroatoms. The molecule has 33 heavy (non-hydrogen) atoms. The third kappa shape index (κ3) is 4.08. The lowest BCUT2D eigenvalue weighted by Crippen LogP contribution is -2.47. The number of piperazine rings is 1. The Balaban J connectivity index is 0.00000259. The summed E-state index contributed by atoms with van der Waals surface area (Å²) in [4.78, 5) is 7.56. The predicted molar refractivity (Wildman–Crippen MR) is 137 cm³/mol. The van der Waals surface area contributed by atoms with Gasteiger partial charge in [0.15, 0.2) is 0 Å². The van der Waals surface area contributed by atoms with Crippen molar-refractivity contribution in [1.82, 2.24) is 4.90 Å². The van der Waals surface area contributed by atoms with Crippen LogP contribution < -0.4 is 14.5 Å². The fraction of sp³-hybridized carbons (Fsp3) is 0.556. The number of halogens is 2. The second-order valence-electron chi connectivity index (χ2n) is 10.3. The number of likely N-dealkylation sites (tertiary alicyclic amines) is 1. The minimum absolute atomic E-state index is 0. The molecule has 1 unspecified atom stereocenters. The molecule has 0 N–H and O–H groups in total. The van der Waals surface area contributed by atoms with E-state index in [4.69, 9.17) is 4.74 Å². The van der Waals surface area contributed by atoms with Crippen molar-refractivity contribution in [3.8, 4) is 5.75 Å². The zero-order valence-electron chi connectivity index (χ0n) is 20.6. The van der Waals surface area contributed by atoms with Gasteiger partial charge in [-0.25, -0.2) is 4.39 Å². The SMILES string of the molecule is Cc1c(C)c(N2CCN(c3ccc(F)cc3)CC2)c(C)c2c1OC(C)(C)C2N1CCCC1.Cl. The first-order chi connectivity index (χ1) is 15.3. The van der Waals surface area contributed by atoms with Gasteiger partial charge in [-0.2, -0.15) is 0 Å². The maximum atomic E-state index is 13.3. The van der Waals surface area contributed by atoms with E-state index in [9.17, 15) is 4.39 Å². The first-order valence-corrected chi connectivity index (χ1v) is 12.1. The molecule has 2 saturated heterocycles. The smallest absolute Gasteiger partial charge is 0.128 e. The Labute approximate surface area is 204 Å². The molecule has 3 heterocycles. The van der Waals surface area contributed by atoms with Crippen molar-refractivity contribution >= 4 is 23.8 Å². The Morgan fingerprint density at radius 1 is 0.818 bits per heavy atom. The highest BCUT2D eigenvalue weighted by atomic mass is 35.5. The lowest BCUT2D eigenvalue weighted by atomic mass is 9.87. The van der Waals surface area contributed by atoms with E-state index >= 15 is 0 Å². The average molecular weight is 474 g/mol. The number of rotatable bonds is 3. The first kappa shape index (κ1) is 24.2. The van der Waals surface area contributed by atoms with E-state index in [1.54, 1.807) is 12.1 Å². The molecule has 2 aromatic carbocycles. The van der Waals surface area contributed by atoms with E-state index in [-0.39, 0.29) is 23.8 Å². The van der Waals surface area contributed by atoms with Crippen molar-refractivity contribution < 1.29 is 9.13 Å². The lowest BCUT2D eigenvalue weighted by molar-refractivity contribution is 0.0396. The van der Waals surface area contributed by atoms with Crippen LogP contribution in [-0.2, 0) is 0 Å². The van der Waals surface area contributed by atoms with Crippen LogP contribution in [0.25, 0.3) is 0 Å². The van der Waals surface area contributed by atoms with Crippen LogP contribution in [0.15, 0.2) is 24.3 Å². The number of benzene rings is 2. The molecule has 3 aliphatic rings. The molecule has 0 bridgehead atoms. The molecule has 2 fully saturated rings. The highest BCUT2D eigenvalue weighted by Crippen LogP contribution is 2.53. The van der Waals surface area contributed by atoms with Gasteiger partial charge in [-0.1, -0.05) is 0 Å². The van der Waals surface area contributed by atoms with Crippen LogP contribution in [0.4, 0.5) is 15.8 Å². The van der Waals surface area contributed by atoms with Gasteiger partial charge in [-0.05, 0) is 102 Å². The van der Waals surface area contributed by atoms with E-state index in [2.05, 4.69) is 49.3 Å². The second kappa shape index (κ2) is 8.99. The van der Waals surface area contributed by atoms with Crippen molar-refractivity contribution in [3.63, 3.8) is 0 Å². The molecular formula is C27H37ClFN3O. The zero-order chi connectivity index (χ0) is 22.6. The molecule has 0 saturated carbocycles. The second-order valence-corrected chi connectivity index (χ2v) is 10.3. The van der Waals surface area contributed by atoms with Gasteiger partial charge in [-0.3, -0.25) is 4.90 Å². The minimum atomic E-state index is -0.214. The van der Waals surface area contributed by atoms with Gasteiger partial charge >= 0.3 is 0 Å². The van der Waals surface area contributed by atoms with E-state index in [1.165, 1.54) is 40.8 Å². The number of hydrogen-bond donors (Lipinski definition) is 0. The normalized spacial score (nSPS) is 22.2. The Kier molecular flexibility index (Phi) is 6.58. The number of nitrogens with zero attached hydrogens (tertiary/aromatic N) is 3. The third-order valence-electron chi connectivity index (χ3n) is 7.85. The van der Waals surface area contributed by atoms with E-state index in [0.717, 1.165) is 50.7 Å². The van der Waals surface area contributed by atoms with Crippen LogP contribution in [0.1, 0.15) is 55.0 Å². The van der Waals surface area contributed by atoms with Gasteiger partial charge in [0.05, 0.1) is 6.04 Å². The lowest BCUT2D eigenvalue weighted by Gasteiger charge is -2.40. The molecule has 2 aromatic rings. The fourth-order valence-corrected chi connectivity index (χ4v) is 6.19. The molecule has 0 aliphatic carbocycles. The van der Waals surface area contributed by atoms with Gasteiger partial charge in [0.1, 0.15) is 17.2 Å². The monoisotopic (exact) mass is 473 g/mol. The number of ether oxygens (including phenoxy) is 1. The average Bonchev–Trinajstić information content (AvgIpc) is 3.38. The van der Waals surface area contributed by atoms with Crippen molar-refractivity contribution in [2.75, 3.05) is 49.1 Å². The Hall–Kier alpha value is -1.98. The minimum Gasteiger partial charge on any atom is -0.485 e. The molecule has 4 nitrogen and oxygen atoms in total. The van der Waals surface area contributed by atoms with Crippen molar-refractivity contribution in [2.45, 2.75) is 59.1 Å². The molecule has 0 spiro atoms. The predicted octanol–water partition coefficient (Wildman–Crippen LogP) is 5.81. The first-order valence-electron chi connectivity index (χ1n) is 12.1. The summed E-state index contributed by atoms with van der Waals surface area (Å²) in [5.41, 5.74) is 7.72. The van der Waals surface area contributed by atoms with Crippen LogP contribution in [0.3, 0.4) is 0 Å². The standard InChI is InChI=1S/C27H36FN3O.ClH/c1-18-19(2)25-23(26(27(4,5)32-25)31-12-6-7-13-31)20(3)24(18)30-16-14-29(15-17-30)22-10-8-21(28)9-11-22;/h8-11,26H,6-7,12-17H2,1-5H3;1H. The summed E-state index contributed by atoms with van der Waals surface area (Å²) in [5.74, 6) is 0.945. The molecule has 0 aromatic heterocycles. The Morgan fingerprint density at radius 2 is 1.39 bits per heavy atom.